The Morgan fingerprint density at radius 3 is 2.30 bits per heavy atom. The van der Waals surface area contributed by atoms with Crippen molar-refractivity contribution in [3.63, 3.8) is 0 Å². The van der Waals surface area contributed by atoms with Crippen molar-refractivity contribution >= 4 is 44.7 Å². The Kier molecular flexibility index (Phi) is 7.98. The third-order valence-corrected chi connectivity index (χ3v) is 7.94. The zero-order valence-electron chi connectivity index (χ0n) is 18.5. The van der Waals surface area contributed by atoms with Gasteiger partial charge >= 0.3 is 0 Å². The first kappa shape index (κ1) is 25.0. The van der Waals surface area contributed by atoms with Gasteiger partial charge in [0.05, 0.1) is 12.0 Å². The molecule has 9 heteroatoms. The van der Waals surface area contributed by atoms with E-state index < -0.39 is 15.9 Å². The highest BCUT2D eigenvalue weighted by Crippen LogP contribution is 2.35. The van der Waals surface area contributed by atoms with E-state index in [1.54, 1.807) is 38.1 Å². The molecule has 1 aromatic heterocycles. The van der Waals surface area contributed by atoms with Gasteiger partial charge in [0.1, 0.15) is 10.7 Å². The van der Waals surface area contributed by atoms with Gasteiger partial charge in [-0.2, -0.15) is 9.57 Å². The number of hydrogen-bond donors (Lipinski definition) is 1. The lowest BCUT2D eigenvalue weighted by Gasteiger charge is -2.18. The molecule has 0 aliphatic rings. The molecular formula is C24H24Cl2N4O2S. The number of hydrogen-bond acceptors (Lipinski definition) is 5. The summed E-state index contributed by atoms with van der Waals surface area (Å²) in [5.74, 6) is -0.0554. The van der Waals surface area contributed by atoms with E-state index in [4.69, 9.17) is 23.2 Å². The number of rotatable bonds is 8. The minimum absolute atomic E-state index is 0.140. The Bertz CT molecular complexity index is 1270. The van der Waals surface area contributed by atoms with Gasteiger partial charge in [-0.05, 0) is 53.9 Å². The molecule has 2 aromatic carbocycles. The monoisotopic (exact) mass is 502 g/mol. The van der Waals surface area contributed by atoms with Crippen molar-refractivity contribution in [2.75, 3.05) is 18.4 Å². The van der Waals surface area contributed by atoms with Crippen molar-refractivity contribution in [2.24, 2.45) is 0 Å². The number of sulfonamides is 1. The molecule has 1 N–H and O–H groups in total. The minimum Gasteiger partial charge on any atom is -0.340 e. The van der Waals surface area contributed by atoms with Crippen LogP contribution in [0.2, 0.25) is 10.0 Å². The van der Waals surface area contributed by atoms with Crippen LogP contribution in [0.25, 0.3) is 0 Å². The van der Waals surface area contributed by atoms with Crippen molar-refractivity contribution in [3.05, 3.63) is 81.5 Å². The fourth-order valence-electron chi connectivity index (χ4n) is 3.50. The average Bonchev–Trinajstić information content (AvgIpc) is 2.79. The number of aromatic nitrogens is 1. The number of aryl methyl sites for hydroxylation is 1. The van der Waals surface area contributed by atoms with E-state index in [1.807, 2.05) is 25.1 Å². The highest BCUT2D eigenvalue weighted by Gasteiger charge is 2.22. The summed E-state index contributed by atoms with van der Waals surface area (Å²) in [6.07, 6.45) is 1.34. The second-order valence-corrected chi connectivity index (χ2v) is 10.2. The summed E-state index contributed by atoms with van der Waals surface area (Å²) in [5.41, 5.74) is 3.07. The van der Waals surface area contributed by atoms with Gasteiger partial charge < -0.3 is 5.32 Å². The largest absolute Gasteiger partial charge is 0.340 e. The highest BCUT2D eigenvalue weighted by molar-refractivity contribution is 7.89. The number of pyridine rings is 1. The van der Waals surface area contributed by atoms with Crippen molar-refractivity contribution < 1.29 is 8.42 Å². The molecule has 1 heterocycles. The van der Waals surface area contributed by atoms with E-state index in [1.165, 1.54) is 16.6 Å². The molecule has 0 aliphatic heterocycles. The molecule has 0 radical (unpaired) electrons. The fourth-order valence-corrected chi connectivity index (χ4v) is 5.30. The predicted molar refractivity (Wildman–Crippen MR) is 133 cm³/mol. The molecule has 172 valence electrons. The number of nitriles is 1. The maximum absolute atomic E-state index is 12.6. The summed E-state index contributed by atoms with van der Waals surface area (Å²) in [6.45, 7) is 6.28. The standard InChI is InChI=1S/C24H24Cl2N4O2S/c1-4-30(5-2)33(31,32)19-10-11-24(28-15-19)29-23-13-22(26)20(12-16(23)3)21(14-27)17-6-8-18(25)9-7-17/h6-13,15,21H,4-5H2,1-3H3,(H,28,29). The number of benzene rings is 2. The quantitative estimate of drug-likeness (QED) is 0.400. The first-order valence-corrected chi connectivity index (χ1v) is 12.6. The molecule has 0 saturated heterocycles. The van der Waals surface area contributed by atoms with Crippen molar-refractivity contribution in [3.8, 4) is 6.07 Å². The molecule has 3 aromatic rings. The minimum atomic E-state index is -3.57. The Hall–Kier alpha value is -2.63. The van der Waals surface area contributed by atoms with Gasteiger partial charge in [0.15, 0.2) is 0 Å². The fraction of sp³-hybridized carbons (Fsp3) is 0.250. The predicted octanol–water partition coefficient (Wildman–Crippen LogP) is 6.13. The summed E-state index contributed by atoms with van der Waals surface area (Å²) in [7, 11) is -3.57. The molecule has 0 amide bonds. The van der Waals surface area contributed by atoms with E-state index in [0.717, 1.165) is 11.1 Å². The van der Waals surface area contributed by atoms with Crippen LogP contribution in [0.4, 0.5) is 11.5 Å². The smallest absolute Gasteiger partial charge is 0.244 e. The zero-order chi connectivity index (χ0) is 24.2. The van der Waals surface area contributed by atoms with Crippen molar-refractivity contribution in [1.29, 1.82) is 5.26 Å². The lowest BCUT2D eigenvalue weighted by atomic mass is 9.91. The van der Waals surface area contributed by atoms with E-state index in [-0.39, 0.29) is 4.90 Å². The van der Waals surface area contributed by atoms with Crippen molar-refractivity contribution in [2.45, 2.75) is 31.6 Å². The van der Waals surface area contributed by atoms with E-state index in [0.29, 0.717) is 40.2 Å². The summed E-state index contributed by atoms with van der Waals surface area (Å²) in [6, 6.07) is 16.2. The summed E-state index contributed by atoms with van der Waals surface area (Å²) in [4.78, 5) is 4.41. The molecule has 0 fully saturated rings. The summed E-state index contributed by atoms with van der Waals surface area (Å²) < 4.78 is 26.7. The molecule has 0 aliphatic carbocycles. The Balaban J connectivity index is 1.86. The SMILES string of the molecule is CCN(CC)S(=O)(=O)c1ccc(Nc2cc(Cl)c(C(C#N)c3ccc(Cl)cc3)cc2C)nc1. The molecular weight excluding hydrogens is 479 g/mol. The molecule has 3 rings (SSSR count). The van der Waals surface area contributed by atoms with E-state index in [2.05, 4.69) is 16.4 Å². The van der Waals surface area contributed by atoms with Gasteiger partial charge in [-0.1, -0.05) is 55.2 Å². The Morgan fingerprint density at radius 2 is 1.76 bits per heavy atom. The Labute approximate surface area is 204 Å². The second kappa shape index (κ2) is 10.5. The molecule has 1 atom stereocenters. The highest BCUT2D eigenvalue weighted by atomic mass is 35.5. The average molecular weight is 503 g/mol. The normalized spacial score (nSPS) is 12.4. The topological polar surface area (TPSA) is 86.1 Å². The van der Waals surface area contributed by atoms with Gasteiger partial charge in [-0.25, -0.2) is 13.4 Å². The van der Waals surface area contributed by atoms with Crippen LogP contribution in [-0.2, 0) is 10.0 Å². The van der Waals surface area contributed by atoms with E-state index in [9.17, 15) is 13.7 Å². The van der Waals surface area contributed by atoms with Gasteiger partial charge in [-0.15, -0.1) is 0 Å². The van der Waals surface area contributed by atoms with Crippen LogP contribution in [0.1, 0.15) is 36.5 Å². The third-order valence-electron chi connectivity index (χ3n) is 5.33. The van der Waals surface area contributed by atoms with E-state index >= 15 is 0 Å². The molecule has 0 spiro atoms. The van der Waals surface area contributed by atoms with Crippen LogP contribution >= 0.6 is 23.2 Å². The summed E-state index contributed by atoms with van der Waals surface area (Å²) >= 11 is 12.5. The molecule has 6 nitrogen and oxygen atoms in total. The first-order chi connectivity index (χ1) is 15.7. The molecule has 1 unspecified atom stereocenters. The van der Waals surface area contributed by atoms with Crippen LogP contribution in [0.3, 0.4) is 0 Å². The lowest BCUT2D eigenvalue weighted by molar-refractivity contribution is 0.445. The van der Waals surface area contributed by atoms with Crippen LogP contribution in [0.5, 0.6) is 0 Å². The van der Waals surface area contributed by atoms with Crippen molar-refractivity contribution in [1.82, 2.24) is 9.29 Å². The second-order valence-electron chi connectivity index (χ2n) is 7.40. The van der Waals surface area contributed by atoms with Crippen LogP contribution in [-0.4, -0.2) is 30.8 Å². The number of halogens is 2. The maximum atomic E-state index is 12.6. The van der Waals surface area contributed by atoms with Gasteiger partial charge in [0.2, 0.25) is 10.0 Å². The van der Waals surface area contributed by atoms with Gasteiger partial charge in [-0.3, -0.25) is 0 Å². The van der Waals surface area contributed by atoms with Crippen LogP contribution in [0, 0.1) is 18.3 Å². The maximum Gasteiger partial charge on any atom is 0.244 e. The summed E-state index contributed by atoms with van der Waals surface area (Å²) in [5, 5.41) is 14.0. The molecule has 0 saturated carbocycles. The Morgan fingerprint density at radius 1 is 1.09 bits per heavy atom. The van der Waals surface area contributed by atoms with Crippen LogP contribution < -0.4 is 5.32 Å². The number of nitrogens with one attached hydrogen (secondary N) is 1. The van der Waals surface area contributed by atoms with Gasteiger partial charge in [0, 0.05) is 35.0 Å². The molecule has 0 bridgehead atoms. The van der Waals surface area contributed by atoms with Gasteiger partial charge in [0.25, 0.3) is 0 Å². The number of anilines is 2. The lowest BCUT2D eigenvalue weighted by Crippen LogP contribution is -2.30. The van der Waals surface area contributed by atoms with Crippen LogP contribution in [0.15, 0.2) is 59.6 Å². The first-order valence-electron chi connectivity index (χ1n) is 10.4. The third kappa shape index (κ3) is 5.48. The molecule has 33 heavy (non-hydrogen) atoms. The zero-order valence-corrected chi connectivity index (χ0v) is 20.8. The number of nitrogens with zero attached hydrogens (tertiary/aromatic N) is 3.